The van der Waals surface area contributed by atoms with Crippen LogP contribution in [-0.4, -0.2) is 36.4 Å². The van der Waals surface area contributed by atoms with Crippen LogP contribution in [0.5, 0.6) is 0 Å². The summed E-state index contributed by atoms with van der Waals surface area (Å²) in [7, 11) is 0. The minimum Gasteiger partial charge on any atom is -0.370 e. The molecule has 0 saturated carbocycles. The molecule has 0 aliphatic carbocycles. The molecule has 1 aromatic heterocycles. The standard InChI is InChI=1S/C17H21N3S/c1-2-6-16(7-3-1)20-12-9-15(14-20)18-11-13-21-17-8-4-5-10-19-17/h1-8,10,15,18H,9,11-14H2. The average molecular weight is 299 g/mol. The first-order valence-electron chi connectivity index (χ1n) is 7.49. The Kier molecular flexibility index (Phi) is 5.13. The molecule has 4 heteroatoms. The van der Waals surface area contributed by atoms with Crippen LogP contribution >= 0.6 is 11.8 Å². The molecule has 0 bridgehead atoms. The lowest BCUT2D eigenvalue weighted by molar-refractivity contribution is 0.574. The zero-order valence-electron chi connectivity index (χ0n) is 12.1. The lowest BCUT2D eigenvalue weighted by atomic mass is 10.2. The highest BCUT2D eigenvalue weighted by molar-refractivity contribution is 7.99. The third kappa shape index (κ3) is 4.22. The van der Waals surface area contributed by atoms with Crippen molar-refractivity contribution < 1.29 is 0 Å². The van der Waals surface area contributed by atoms with Crippen LogP contribution in [0.15, 0.2) is 59.8 Å². The van der Waals surface area contributed by atoms with E-state index in [0.29, 0.717) is 6.04 Å². The van der Waals surface area contributed by atoms with Crippen molar-refractivity contribution in [2.45, 2.75) is 17.5 Å². The molecule has 1 aromatic carbocycles. The van der Waals surface area contributed by atoms with Crippen LogP contribution in [0.3, 0.4) is 0 Å². The highest BCUT2D eigenvalue weighted by atomic mass is 32.2. The Morgan fingerprint density at radius 1 is 1.14 bits per heavy atom. The molecule has 1 N–H and O–H groups in total. The number of para-hydroxylation sites is 1. The summed E-state index contributed by atoms with van der Waals surface area (Å²) in [4.78, 5) is 6.79. The van der Waals surface area contributed by atoms with Gasteiger partial charge in [0.05, 0.1) is 5.03 Å². The SMILES string of the molecule is c1ccc(N2CCC(NCCSc3ccccn3)C2)cc1. The van der Waals surface area contributed by atoms with Crippen LogP contribution in [0.1, 0.15) is 6.42 Å². The molecule has 2 aromatic rings. The Hall–Kier alpha value is -1.52. The van der Waals surface area contributed by atoms with E-state index in [1.54, 1.807) is 0 Å². The number of pyridine rings is 1. The highest BCUT2D eigenvalue weighted by Crippen LogP contribution is 2.20. The molecule has 1 unspecified atom stereocenters. The Morgan fingerprint density at radius 2 is 2.00 bits per heavy atom. The molecule has 21 heavy (non-hydrogen) atoms. The second-order valence-corrected chi connectivity index (χ2v) is 6.35. The summed E-state index contributed by atoms with van der Waals surface area (Å²) in [6, 6.07) is 17.4. The zero-order valence-corrected chi connectivity index (χ0v) is 12.9. The van der Waals surface area contributed by atoms with E-state index in [2.05, 4.69) is 51.6 Å². The summed E-state index contributed by atoms with van der Waals surface area (Å²) < 4.78 is 0. The molecule has 1 atom stereocenters. The minimum absolute atomic E-state index is 0.606. The van der Waals surface area contributed by atoms with Crippen LogP contribution in [0.2, 0.25) is 0 Å². The van der Waals surface area contributed by atoms with Gasteiger partial charge in [-0.1, -0.05) is 24.3 Å². The van der Waals surface area contributed by atoms with Gasteiger partial charge in [0.2, 0.25) is 0 Å². The Balaban J connectivity index is 1.38. The molecule has 0 radical (unpaired) electrons. The Labute approximate surface area is 130 Å². The maximum absolute atomic E-state index is 4.33. The lowest BCUT2D eigenvalue weighted by Crippen LogP contribution is -2.33. The van der Waals surface area contributed by atoms with Crippen molar-refractivity contribution in [1.82, 2.24) is 10.3 Å². The molecule has 1 aliphatic rings. The molecule has 3 nitrogen and oxygen atoms in total. The first kappa shape index (κ1) is 14.4. The predicted octanol–water partition coefficient (Wildman–Crippen LogP) is 3.04. The molecule has 1 fully saturated rings. The quantitative estimate of drug-likeness (QED) is 0.655. The number of nitrogens with one attached hydrogen (secondary N) is 1. The van der Waals surface area contributed by atoms with Gasteiger partial charge in [-0.15, -0.1) is 11.8 Å². The molecule has 3 rings (SSSR count). The van der Waals surface area contributed by atoms with Crippen LogP contribution in [0.25, 0.3) is 0 Å². The molecule has 2 heterocycles. The zero-order chi connectivity index (χ0) is 14.3. The Bertz CT molecular complexity index is 532. The lowest BCUT2D eigenvalue weighted by Gasteiger charge is -2.18. The van der Waals surface area contributed by atoms with Crippen LogP contribution in [-0.2, 0) is 0 Å². The molecular formula is C17H21N3S. The van der Waals surface area contributed by atoms with E-state index in [4.69, 9.17) is 0 Å². The van der Waals surface area contributed by atoms with Gasteiger partial charge in [-0.3, -0.25) is 0 Å². The largest absolute Gasteiger partial charge is 0.370 e. The van der Waals surface area contributed by atoms with E-state index in [9.17, 15) is 0 Å². The second-order valence-electron chi connectivity index (χ2n) is 5.24. The van der Waals surface area contributed by atoms with Crippen molar-refractivity contribution in [3.8, 4) is 0 Å². The van der Waals surface area contributed by atoms with Gasteiger partial charge < -0.3 is 10.2 Å². The van der Waals surface area contributed by atoms with Crippen molar-refractivity contribution in [3.63, 3.8) is 0 Å². The van der Waals surface area contributed by atoms with Gasteiger partial charge in [0.15, 0.2) is 0 Å². The first-order valence-corrected chi connectivity index (χ1v) is 8.47. The molecule has 1 saturated heterocycles. The van der Waals surface area contributed by atoms with Crippen molar-refractivity contribution >= 4 is 17.4 Å². The third-order valence-corrected chi connectivity index (χ3v) is 4.68. The van der Waals surface area contributed by atoms with Crippen molar-refractivity contribution in [1.29, 1.82) is 0 Å². The van der Waals surface area contributed by atoms with E-state index < -0.39 is 0 Å². The maximum atomic E-state index is 4.33. The van der Waals surface area contributed by atoms with Gasteiger partial charge >= 0.3 is 0 Å². The van der Waals surface area contributed by atoms with Crippen LogP contribution < -0.4 is 10.2 Å². The van der Waals surface area contributed by atoms with Gasteiger partial charge in [-0.25, -0.2) is 4.98 Å². The van der Waals surface area contributed by atoms with E-state index in [1.807, 2.05) is 30.1 Å². The van der Waals surface area contributed by atoms with Gasteiger partial charge in [-0.05, 0) is 30.7 Å². The fourth-order valence-electron chi connectivity index (χ4n) is 2.65. The Morgan fingerprint density at radius 3 is 2.81 bits per heavy atom. The summed E-state index contributed by atoms with van der Waals surface area (Å²) in [5.74, 6) is 1.07. The van der Waals surface area contributed by atoms with Crippen molar-refractivity contribution in [2.24, 2.45) is 0 Å². The van der Waals surface area contributed by atoms with E-state index in [-0.39, 0.29) is 0 Å². The normalized spacial score (nSPS) is 18.1. The summed E-state index contributed by atoms with van der Waals surface area (Å²) >= 11 is 1.81. The summed E-state index contributed by atoms with van der Waals surface area (Å²) in [5, 5.41) is 4.77. The number of thioether (sulfide) groups is 1. The smallest absolute Gasteiger partial charge is 0.0960 e. The maximum Gasteiger partial charge on any atom is 0.0960 e. The molecule has 0 spiro atoms. The van der Waals surface area contributed by atoms with E-state index in [0.717, 1.165) is 30.4 Å². The fourth-order valence-corrected chi connectivity index (χ4v) is 3.39. The topological polar surface area (TPSA) is 28.2 Å². The van der Waals surface area contributed by atoms with Gasteiger partial charge in [0.25, 0.3) is 0 Å². The number of benzene rings is 1. The van der Waals surface area contributed by atoms with Crippen LogP contribution in [0.4, 0.5) is 5.69 Å². The second kappa shape index (κ2) is 7.48. The molecule has 110 valence electrons. The molecule has 1 aliphatic heterocycles. The fraction of sp³-hybridized carbons (Fsp3) is 0.353. The molecule has 0 amide bonds. The number of aromatic nitrogens is 1. The monoisotopic (exact) mass is 299 g/mol. The van der Waals surface area contributed by atoms with Crippen molar-refractivity contribution in [3.05, 3.63) is 54.7 Å². The number of nitrogens with zero attached hydrogens (tertiary/aromatic N) is 2. The predicted molar refractivity (Wildman–Crippen MR) is 90.0 cm³/mol. The van der Waals surface area contributed by atoms with Crippen molar-refractivity contribution in [2.75, 3.05) is 30.3 Å². The van der Waals surface area contributed by atoms with E-state index in [1.165, 1.54) is 12.1 Å². The average Bonchev–Trinajstić information content (AvgIpc) is 3.02. The van der Waals surface area contributed by atoms with Gasteiger partial charge in [-0.2, -0.15) is 0 Å². The van der Waals surface area contributed by atoms with Gasteiger partial charge in [0.1, 0.15) is 0 Å². The molecular weight excluding hydrogens is 278 g/mol. The summed E-state index contributed by atoms with van der Waals surface area (Å²) in [6.07, 6.45) is 3.08. The van der Waals surface area contributed by atoms with E-state index >= 15 is 0 Å². The third-order valence-electron chi connectivity index (χ3n) is 3.73. The minimum atomic E-state index is 0.606. The number of hydrogen-bond acceptors (Lipinski definition) is 4. The number of hydrogen-bond donors (Lipinski definition) is 1. The summed E-state index contributed by atoms with van der Waals surface area (Å²) in [6.45, 7) is 3.29. The van der Waals surface area contributed by atoms with Gasteiger partial charge in [0, 0.05) is 43.3 Å². The number of anilines is 1. The van der Waals surface area contributed by atoms with Crippen LogP contribution in [0, 0.1) is 0 Å². The first-order chi connectivity index (χ1) is 10.4. The highest BCUT2D eigenvalue weighted by Gasteiger charge is 2.21. The summed E-state index contributed by atoms with van der Waals surface area (Å²) in [5.41, 5.74) is 1.34. The number of rotatable bonds is 6.